The topological polar surface area (TPSA) is 85.7 Å². The molecule has 0 bridgehead atoms. The molecule has 0 radical (unpaired) electrons. The molecule has 1 aromatic heterocycles. The second kappa shape index (κ2) is 9.94. The van der Waals surface area contributed by atoms with E-state index >= 15 is 0 Å². The van der Waals surface area contributed by atoms with Gasteiger partial charge < -0.3 is 14.5 Å². The zero-order valence-electron chi connectivity index (χ0n) is 17.1. The van der Waals surface area contributed by atoms with Crippen LogP contribution < -0.4 is 20.7 Å². The van der Waals surface area contributed by atoms with Crippen LogP contribution >= 0.6 is 43.5 Å². The number of aromatic amines is 1. The number of methoxy groups -OCH3 is 1. The molecule has 4 rings (SSSR count). The standard InChI is InChI=1S/C23H16Br2ClN3O4/c1-32-20-10-16(26)8-14(21(20)33-12-13-6-7-15(24)9-18(13)25)11-27-29-22(30)17-4-2-3-5-19(17)28-23(29)31/h2-11H,12H2,1H3,(H,28,31). The zero-order valence-corrected chi connectivity index (χ0v) is 21.1. The lowest BCUT2D eigenvalue weighted by molar-refractivity contribution is 0.283. The van der Waals surface area contributed by atoms with Gasteiger partial charge in [0.1, 0.15) is 6.61 Å². The molecule has 1 heterocycles. The number of hydrogen-bond donors (Lipinski definition) is 1. The quantitative estimate of drug-likeness (QED) is 0.306. The van der Waals surface area contributed by atoms with E-state index in [0.717, 1.165) is 19.2 Å². The van der Waals surface area contributed by atoms with Gasteiger partial charge >= 0.3 is 5.69 Å². The van der Waals surface area contributed by atoms with Crippen molar-refractivity contribution < 1.29 is 9.47 Å². The molecule has 0 amide bonds. The Morgan fingerprint density at radius 2 is 1.91 bits per heavy atom. The molecule has 7 nitrogen and oxygen atoms in total. The van der Waals surface area contributed by atoms with Crippen LogP contribution in [0.15, 0.2) is 78.2 Å². The first-order valence-corrected chi connectivity index (χ1v) is 11.6. The number of nitrogens with one attached hydrogen (secondary N) is 1. The molecule has 0 aliphatic rings. The predicted molar refractivity (Wildman–Crippen MR) is 136 cm³/mol. The van der Waals surface area contributed by atoms with Gasteiger partial charge in [-0.3, -0.25) is 4.79 Å². The molecule has 0 atom stereocenters. The van der Waals surface area contributed by atoms with Crippen molar-refractivity contribution in [2.24, 2.45) is 5.10 Å². The van der Waals surface area contributed by atoms with Crippen LogP contribution in [-0.4, -0.2) is 23.0 Å². The second-order valence-electron chi connectivity index (χ2n) is 6.89. The first-order valence-electron chi connectivity index (χ1n) is 9.60. The number of H-pyrrole nitrogens is 1. The SMILES string of the molecule is COc1cc(Cl)cc(C=Nn2c(=O)[nH]c3ccccc3c2=O)c1OCc1ccc(Br)cc1Br. The molecular weight excluding hydrogens is 578 g/mol. The minimum absolute atomic E-state index is 0.225. The number of hydrogen-bond acceptors (Lipinski definition) is 5. The van der Waals surface area contributed by atoms with Crippen molar-refractivity contribution in [3.8, 4) is 11.5 Å². The van der Waals surface area contributed by atoms with Gasteiger partial charge in [-0.25, -0.2) is 4.79 Å². The summed E-state index contributed by atoms with van der Waals surface area (Å²) in [6.07, 6.45) is 1.34. The third-order valence-electron chi connectivity index (χ3n) is 4.75. The first kappa shape index (κ1) is 23.3. The van der Waals surface area contributed by atoms with E-state index in [9.17, 15) is 9.59 Å². The Kier molecular flexibility index (Phi) is 7.02. The number of ether oxygens (including phenoxy) is 2. The van der Waals surface area contributed by atoms with Crippen molar-refractivity contribution in [3.63, 3.8) is 0 Å². The summed E-state index contributed by atoms with van der Waals surface area (Å²) in [5.41, 5.74) is 0.575. The van der Waals surface area contributed by atoms with Crippen molar-refractivity contribution in [3.05, 3.63) is 101 Å². The highest BCUT2D eigenvalue weighted by Gasteiger charge is 2.14. The number of nitrogens with zero attached hydrogens (tertiary/aromatic N) is 2. The van der Waals surface area contributed by atoms with Gasteiger partial charge in [-0.2, -0.15) is 5.10 Å². The molecule has 10 heteroatoms. The molecule has 0 saturated heterocycles. The third kappa shape index (κ3) is 5.05. The molecule has 0 fully saturated rings. The number of para-hydroxylation sites is 1. The Hall–Kier alpha value is -2.88. The van der Waals surface area contributed by atoms with Gasteiger partial charge in [0.2, 0.25) is 0 Å². The summed E-state index contributed by atoms with van der Waals surface area (Å²) in [6, 6.07) is 15.7. The highest BCUT2D eigenvalue weighted by molar-refractivity contribution is 9.11. The Morgan fingerprint density at radius 1 is 1.12 bits per heavy atom. The summed E-state index contributed by atoms with van der Waals surface area (Å²) >= 11 is 13.2. The maximum Gasteiger partial charge on any atom is 0.349 e. The van der Waals surface area contributed by atoms with Gasteiger partial charge in [0.25, 0.3) is 5.56 Å². The normalized spacial score (nSPS) is 11.3. The highest BCUT2D eigenvalue weighted by atomic mass is 79.9. The van der Waals surface area contributed by atoms with Crippen molar-refractivity contribution >= 4 is 60.6 Å². The average Bonchev–Trinajstić information content (AvgIpc) is 2.78. The van der Waals surface area contributed by atoms with Crippen molar-refractivity contribution in [2.75, 3.05) is 7.11 Å². The molecule has 0 spiro atoms. The first-order chi connectivity index (χ1) is 15.9. The van der Waals surface area contributed by atoms with E-state index in [1.165, 1.54) is 13.3 Å². The lowest BCUT2D eigenvalue weighted by Crippen LogP contribution is -2.32. The van der Waals surface area contributed by atoms with Crippen LogP contribution in [0.2, 0.25) is 5.02 Å². The largest absolute Gasteiger partial charge is 0.493 e. The molecule has 0 aliphatic heterocycles. The third-order valence-corrected chi connectivity index (χ3v) is 6.20. The van der Waals surface area contributed by atoms with Gasteiger partial charge in [-0.1, -0.05) is 61.7 Å². The number of fused-ring (bicyclic) bond motifs is 1. The molecule has 0 unspecified atom stereocenters. The van der Waals surface area contributed by atoms with Crippen molar-refractivity contribution in [1.29, 1.82) is 0 Å². The fraction of sp³-hybridized carbons (Fsp3) is 0.0870. The maximum atomic E-state index is 12.8. The van der Waals surface area contributed by atoms with Gasteiger partial charge in [0.15, 0.2) is 11.5 Å². The van der Waals surface area contributed by atoms with E-state index in [1.807, 2.05) is 18.2 Å². The molecule has 0 aliphatic carbocycles. The van der Waals surface area contributed by atoms with Crippen LogP contribution in [0.25, 0.3) is 10.9 Å². The summed E-state index contributed by atoms with van der Waals surface area (Å²) in [5, 5.41) is 4.83. The number of halogens is 3. The van der Waals surface area contributed by atoms with Crippen molar-refractivity contribution in [2.45, 2.75) is 6.61 Å². The predicted octanol–water partition coefficient (Wildman–Crippen LogP) is 5.34. The van der Waals surface area contributed by atoms with E-state index in [1.54, 1.807) is 36.4 Å². The average molecular weight is 594 g/mol. The Balaban J connectivity index is 1.74. The zero-order chi connectivity index (χ0) is 23.5. The van der Waals surface area contributed by atoms with Crippen LogP contribution in [-0.2, 0) is 6.61 Å². The van der Waals surface area contributed by atoms with E-state index in [0.29, 0.717) is 33.0 Å². The van der Waals surface area contributed by atoms with Gasteiger partial charge in [-0.05, 0) is 30.3 Å². The maximum absolute atomic E-state index is 12.8. The summed E-state index contributed by atoms with van der Waals surface area (Å²) in [4.78, 5) is 27.8. The molecule has 3 aromatic carbocycles. The van der Waals surface area contributed by atoms with E-state index < -0.39 is 11.2 Å². The molecule has 168 valence electrons. The van der Waals surface area contributed by atoms with Crippen molar-refractivity contribution in [1.82, 2.24) is 9.66 Å². The van der Waals surface area contributed by atoms with Crippen LogP contribution in [0.1, 0.15) is 11.1 Å². The molecule has 0 saturated carbocycles. The monoisotopic (exact) mass is 591 g/mol. The fourth-order valence-corrected chi connectivity index (χ4v) is 4.54. The fourth-order valence-electron chi connectivity index (χ4n) is 3.16. The van der Waals surface area contributed by atoms with Gasteiger partial charge in [-0.15, -0.1) is 4.68 Å². The summed E-state index contributed by atoms with van der Waals surface area (Å²) in [7, 11) is 1.49. The van der Waals surface area contributed by atoms with E-state index in [2.05, 4.69) is 41.9 Å². The Bertz CT molecular complexity index is 1500. The van der Waals surface area contributed by atoms with Gasteiger partial charge in [0, 0.05) is 31.2 Å². The van der Waals surface area contributed by atoms with E-state index in [4.69, 9.17) is 21.1 Å². The Labute approximate surface area is 209 Å². The molecule has 1 N–H and O–H groups in total. The Morgan fingerprint density at radius 3 is 2.67 bits per heavy atom. The molecular formula is C23H16Br2ClN3O4. The second-order valence-corrected chi connectivity index (χ2v) is 9.09. The smallest absolute Gasteiger partial charge is 0.349 e. The summed E-state index contributed by atoms with van der Waals surface area (Å²) in [5.74, 6) is 0.752. The number of rotatable bonds is 6. The van der Waals surface area contributed by atoms with Crippen LogP contribution in [0, 0.1) is 0 Å². The lowest BCUT2D eigenvalue weighted by Gasteiger charge is -2.15. The minimum Gasteiger partial charge on any atom is -0.493 e. The number of aromatic nitrogens is 2. The highest BCUT2D eigenvalue weighted by Crippen LogP contribution is 2.35. The van der Waals surface area contributed by atoms with E-state index in [-0.39, 0.29) is 6.61 Å². The lowest BCUT2D eigenvalue weighted by atomic mass is 10.2. The molecule has 4 aromatic rings. The number of benzene rings is 3. The summed E-state index contributed by atoms with van der Waals surface area (Å²) in [6.45, 7) is 0.225. The minimum atomic E-state index is -0.662. The van der Waals surface area contributed by atoms with Crippen LogP contribution in [0.3, 0.4) is 0 Å². The summed E-state index contributed by atoms with van der Waals surface area (Å²) < 4.78 is 14.0. The van der Waals surface area contributed by atoms with Gasteiger partial charge in [0.05, 0.1) is 24.2 Å². The van der Waals surface area contributed by atoms with Crippen LogP contribution in [0.5, 0.6) is 11.5 Å². The molecule has 33 heavy (non-hydrogen) atoms. The van der Waals surface area contributed by atoms with Crippen LogP contribution in [0.4, 0.5) is 0 Å².